The normalized spacial score (nSPS) is 14.1. The van der Waals surface area contributed by atoms with Gasteiger partial charge in [0.25, 0.3) is 5.88 Å². The number of phenolic OH excluding ortho intramolecular Hbond substituents is 1. The van der Waals surface area contributed by atoms with Gasteiger partial charge in [-0.15, -0.1) is 0 Å². The van der Waals surface area contributed by atoms with E-state index in [1.807, 2.05) is 19.0 Å². The van der Waals surface area contributed by atoms with E-state index >= 15 is 0 Å². The number of amides is 2. The number of hydrogen-bond donors (Lipinski definition) is 3. The number of likely N-dealkylation sites (N-methyl/N-ethyl adjacent to an activating group) is 1. The van der Waals surface area contributed by atoms with Crippen molar-refractivity contribution in [2.24, 2.45) is 0 Å². The maximum absolute atomic E-state index is 12.5. The summed E-state index contributed by atoms with van der Waals surface area (Å²) in [5, 5.41) is 19.2. The van der Waals surface area contributed by atoms with Crippen molar-refractivity contribution in [1.29, 1.82) is 0 Å². The van der Waals surface area contributed by atoms with Gasteiger partial charge >= 0.3 is 6.09 Å². The van der Waals surface area contributed by atoms with Crippen LogP contribution in [0.2, 0.25) is 0 Å². The molecule has 162 valence electrons. The second kappa shape index (κ2) is 10.1. The third-order valence-electron chi connectivity index (χ3n) is 4.94. The van der Waals surface area contributed by atoms with E-state index in [2.05, 4.69) is 15.8 Å². The molecule has 30 heavy (non-hydrogen) atoms. The summed E-state index contributed by atoms with van der Waals surface area (Å²) in [6, 6.07) is 5.75. The standard InChI is InChI=1S/C21H28N4O5/c1-25(2)11-10-22-19(27)13-17(14-6-5-7-15(26)12-14)23-21(28)29-20-16-8-3-4-9-18(16)30-24-20/h5-7,12,17,26H,3-4,8-11,13H2,1-2H3,(H,22,27)(H,23,28). The number of aromatic hydroxyl groups is 1. The SMILES string of the molecule is CN(C)CCNC(=O)CC(NC(=O)Oc1noc2c1CCCC2)c1cccc(O)c1. The average molecular weight is 416 g/mol. The molecule has 3 N–H and O–H groups in total. The van der Waals surface area contributed by atoms with Crippen LogP contribution in [-0.2, 0) is 17.6 Å². The van der Waals surface area contributed by atoms with Crippen molar-refractivity contribution >= 4 is 12.0 Å². The van der Waals surface area contributed by atoms with E-state index in [4.69, 9.17) is 9.26 Å². The lowest BCUT2D eigenvalue weighted by Gasteiger charge is -2.19. The van der Waals surface area contributed by atoms with Gasteiger partial charge in [-0.05, 0) is 56.2 Å². The first kappa shape index (κ1) is 21.6. The number of carbonyl (C=O) groups is 2. The molecule has 1 heterocycles. The maximum Gasteiger partial charge on any atom is 0.414 e. The van der Waals surface area contributed by atoms with Gasteiger partial charge in [-0.25, -0.2) is 4.79 Å². The van der Waals surface area contributed by atoms with Crippen LogP contribution in [0.4, 0.5) is 4.79 Å². The minimum atomic E-state index is -0.730. The first-order chi connectivity index (χ1) is 14.4. The molecule has 0 fully saturated rings. The number of aromatic nitrogens is 1. The molecule has 0 spiro atoms. The Morgan fingerprint density at radius 1 is 1.30 bits per heavy atom. The van der Waals surface area contributed by atoms with Crippen LogP contribution in [0.5, 0.6) is 11.6 Å². The van der Waals surface area contributed by atoms with E-state index in [0.717, 1.165) is 37.0 Å². The van der Waals surface area contributed by atoms with Crippen molar-refractivity contribution in [3.8, 4) is 11.6 Å². The van der Waals surface area contributed by atoms with Crippen molar-refractivity contribution in [2.75, 3.05) is 27.2 Å². The minimum absolute atomic E-state index is 0.00288. The predicted octanol–water partition coefficient (Wildman–Crippen LogP) is 2.16. The largest absolute Gasteiger partial charge is 0.508 e. The van der Waals surface area contributed by atoms with Crippen molar-refractivity contribution in [3.63, 3.8) is 0 Å². The van der Waals surface area contributed by atoms with E-state index in [1.165, 1.54) is 12.1 Å². The molecule has 1 unspecified atom stereocenters. The fraction of sp³-hybridized carbons (Fsp3) is 0.476. The zero-order chi connectivity index (χ0) is 21.5. The third-order valence-corrected chi connectivity index (χ3v) is 4.94. The molecule has 9 heteroatoms. The summed E-state index contributed by atoms with van der Waals surface area (Å²) in [6.07, 6.45) is 2.83. The van der Waals surface area contributed by atoms with Gasteiger partial charge in [0.2, 0.25) is 5.91 Å². The van der Waals surface area contributed by atoms with Crippen molar-refractivity contribution in [3.05, 3.63) is 41.2 Å². The van der Waals surface area contributed by atoms with Gasteiger partial charge in [-0.1, -0.05) is 12.1 Å². The quantitative estimate of drug-likeness (QED) is 0.604. The van der Waals surface area contributed by atoms with Crippen LogP contribution in [-0.4, -0.2) is 54.3 Å². The first-order valence-electron chi connectivity index (χ1n) is 10.1. The summed E-state index contributed by atoms with van der Waals surface area (Å²) >= 11 is 0. The molecule has 1 aromatic carbocycles. The highest BCUT2D eigenvalue weighted by molar-refractivity contribution is 5.78. The summed E-state index contributed by atoms with van der Waals surface area (Å²) in [7, 11) is 3.84. The second-order valence-corrected chi connectivity index (χ2v) is 7.64. The molecular weight excluding hydrogens is 388 g/mol. The Bertz CT molecular complexity index is 880. The van der Waals surface area contributed by atoms with E-state index in [9.17, 15) is 14.7 Å². The molecule has 1 aromatic heterocycles. The molecule has 0 saturated heterocycles. The Morgan fingerprint density at radius 2 is 2.10 bits per heavy atom. The number of rotatable bonds is 8. The molecule has 9 nitrogen and oxygen atoms in total. The fourth-order valence-corrected chi connectivity index (χ4v) is 3.37. The van der Waals surface area contributed by atoms with Crippen LogP contribution in [0.25, 0.3) is 0 Å². The topological polar surface area (TPSA) is 117 Å². The predicted molar refractivity (Wildman–Crippen MR) is 109 cm³/mol. The Hall–Kier alpha value is -3.07. The Kier molecular flexibility index (Phi) is 7.29. The average Bonchev–Trinajstić information content (AvgIpc) is 3.10. The number of nitrogens with one attached hydrogen (secondary N) is 2. The Balaban J connectivity index is 1.66. The zero-order valence-corrected chi connectivity index (χ0v) is 17.3. The number of ether oxygens (including phenoxy) is 1. The highest BCUT2D eigenvalue weighted by atomic mass is 16.6. The molecule has 0 bridgehead atoms. The lowest BCUT2D eigenvalue weighted by molar-refractivity contribution is -0.121. The fourth-order valence-electron chi connectivity index (χ4n) is 3.37. The highest BCUT2D eigenvalue weighted by Gasteiger charge is 2.25. The summed E-state index contributed by atoms with van der Waals surface area (Å²) in [6.45, 7) is 1.20. The molecule has 0 radical (unpaired) electrons. The van der Waals surface area contributed by atoms with E-state index in [-0.39, 0.29) is 24.0 Å². The van der Waals surface area contributed by atoms with Gasteiger partial charge in [0.1, 0.15) is 11.5 Å². The molecule has 0 saturated carbocycles. The number of aryl methyl sites for hydroxylation is 1. The maximum atomic E-state index is 12.5. The van der Waals surface area contributed by atoms with Crippen LogP contribution >= 0.6 is 0 Å². The molecule has 1 aliphatic carbocycles. The van der Waals surface area contributed by atoms with Crippen LogP contribution in [0.3, 0.4) is 0 Å². The lowest BCUT2D eigenvalue weighted by atomic mass is 9.99. The Labute approximate surface area is 175 Å². The summed E-state index contributed by atoms with van der Waals surface area (Å²) in [5.74, 6) is 0.761. The number of benzene rings is 1. The lowest BCUT2D eigenvalue weighted by Crippen LogP contribution is -2.37. The molecule has 3 rings (SSSR count). The van der Waals surface area contributed by atoms with Crippen LogP contribution in [0.15, 0.2) is 28.8 Å². The summed E-state index contributed by atoms with van der Waals surface area (Å²) < 4.78 is 10.6. The van der Waals surface area contributed by atoms with Gasteiger partial charge in [-0.2, -0.15) is 0 Å². The third kappa shape index (κ3) is 5.96. The number of fused-ring (bicyclic) bond motifs is 1. The van der Waals surface area contributed by atoms with Gasteiger partial charge in [-0.3, -0.25) is 4.79 Å². The molecular formula is C21H28N4O5. The Morgan fingerprint density at radius 3 is 2.87 bits per heavy atom. The summed E-state index contributed by atoms with van der Waals surface area (Å²) in [4.78, 5) is 26.9. The zero-order valence-electron chi connectivity index (χ0n) is 17.3. The van der Waals surface area contributed by atoms with Crippen molar-refractivity contribution in [1.82, 2.24) is 20.7 Å². The molecule has 1 aliphatic rings. The minimum Gasteiger partial charge on any atom is -0.508 e. The highest BCUT2D eigenvalue weighted by Crippen LogP contribution is 2.29. The molecule has 1 atom stereocenters. The van der Waals surface area contributed by atoms with Crippen molar-refractivity contribution < 1.29 is 24.0 Å². The van der Waals surface area contributed by atoms with E-state index in [1.54, 1.807) is 12.1 Å². The van der Waals surface area contributed by atoms with Gasteiger partial charge in [0, 0.05) is 19.5 Å². The second-order valence-electron chi connectivity index (χ2n) is 7.64. The number of carbonyl (C=O) groups excluding carboxylic acids is 2. The monoisotopic (exact) mass is 416 g/mol. The molecule has 0 aliphatic heterocycles. The van der Waals surface area contributed by atoms with Gasteiger partial charge in [0.15, 0.2) is 0 Å². The van der Waals surface area contributed by atoms with Crippen LogP contribution < -0.4 is 15.4 Å². The van der Waals surface area contributed by atoms with E-state index in [0.29, 0.717) is 18.7 Å². The smallest absolute Gasteiger partial charge is 0.414 e. The van der Waals surface area contributed by atoms with Crippen molar-refractivity contribution in [2.45, 2.75) is 38.1 Å². The van der Waals surface area contributed by atoms with E-state index < -0.39 is 12.1 Å². The first-order valence-corrected chi connectivity index (χ1v) is 10.1. The number of hydrogen-bond acceptors (Lipinski definition) is 7. The van der Waals surface area contributed by atoms with Gasteiger partial charge < -0.3 is 29.9 Å². The number of nitrogens with zero attached hydrogens (tertiary/aromatic N) is 2. The molecule has 2 amide bonds. The molecule has 2 aromatic rings. The van der Waals surface area contributed by atoms with Crippen LogP contribution in [0, 0.1) is 0 Å². The summed E-state index contributed by atoms with van der Waals surface area (Å²) in [5.41, 5.74) is 1.42. The number of phenols is 1. The van der Waals surface area contributed by atoms with Gasteiger partial charge in [0.05, 0.1) is 18.0 Å². The van der Waals surface area contributed by atoms with Crippen LogP contribution in [0.1, 0.15) is 42.2 Å².